The summed E-state index contributed by atoms with van der Waals surface area (Å²) in [6.07, 6.45) is 5.51. The van der Waals surface area contributed by atoms with E-state index in [9.17, 15) is 4.79 Å². The molecule has 66 valence electrons. The summed E-state index contributed by atoms with van der Waals surface area (Å²) in [5.74, 6) is 0. The van der Waals surface area contributed by atoms with Crippen molar-refractivity contribution < 1.29 is 4.79 Å². The fraction of sp³-hybridized carbons (Fsp3) is 0.889. The predicted molar refractivity (Wildman–Crippen MR) is 47.4 cm³/mol. The molecule has 0 aliphatic heterocycles. The number of nitrogens with one attached hydrogen (secondary N) is 1. The molecule has 0 heterocycles. The van der Waals surface area contributed by atoms with Gasteiger partial charge in [-0.05, 0) is 25.7 Å². The van der Waals surface area contributed by atoms with Gasteiger partial charge in [0.15, 0.2) is 0 Å². The van der Waals surface area contributed by atoms with Crippen LogP contribution in [-0.2, 0) is 4.79 Å². The smallest absolute Gasteiger partial charge is 0.207 e. The molecule has 1 N–H and O–H groups in total. The van der Waals surface area contributed by atoms with Crippen LogP contribution in [0.25, 0.3) is 0 Å². The Hall–Kier alpha value is -0.530. The minimum atomic E-state index is 0.196. The maximum absolute atomic E-state index is 10.1. The Balaban J connectivity index is 0.000000461. The Morgan fingerprint density at radius 3 is 2.09 bits per heavy atom. The molecular weight excluding hydrogens is 138 g/mol. The highest BCUT2D eigenvalue weighted by molar-refractivity contribution is 5.48. The SMILES string of the molecule is CC.CCC1(NC=O)CCC1. The monoisotopic (exact) mass is 157 g/mol. The second-order valence-corrected chi connectivity index (χ2v) is 2.75. The van der Waals surface area contributed by atoms with E-state index < -0.39 is 0 Å². The van der Waals surface area contributed by atoms with Crippen LogP contribution in [0, 0.1) is 0 Å². The standard InChI is InChI=1S/C7H13NO.C2H6/c1-2-7(8-6-9)4-3-5-7;1-2/h6H,2-5H2,1H3,(H,8,9);1-2H3. The molecule has 0 aromatic carbocycles. The minimum Gasteiger partial charge on any atom is -0.353 e. The molecule has 1 rings (SSSR count). The first-order valence-corrected chi connectivity index (χ1v) is 4.54. The molecule has 0 atom stereocenters. The Morgan fingerprint density at radius 2 is 2.00 bits per heavy atom. The zero-order valence-corrected chi connectivity index (χ0v) is 7.81. The maximum atomic E-state index is 10.1. The van der Waals surface area contributed by atoms with Gasteiger partial charge in [0.05, 0.1) is 0 Å². The van der Waals surface area contributed by atoms with E-state index in [1.165, 1.54) is 19.3 Å². The van der Waals surface area contributed by atoms with E-state index in [0.29, 0.717) is 0 Å². The second kappa shape index (κ2) is 5.16. The molecule has 2 nitrogen and oxygen atoms in total. The van der Waals surface area contributed by atoms with Gasteiger partial charge in [-0.3, -0.25) is 4.79 Å². The molecule has 0 saturated heterocycles. The Labute approximate surface area is 69.4 Å². The van der Waals surface area contributed by atoms with Crippen molar-refractivity contribution in [1.29, 1.82) is 0 Å². The summed E-state index contributed by atoms with van der Waals surface area (Å²) < 4.78 is 0. The Morgan fingerprint density at radius 1 is 1.45 bits per heavy atom. The lowest BCUT2D eigenvalue weighted by Gasteiger charge is -2.40. The van der Waals surface area contributed by atoms with Gasteiger partial charge in [0, 0.05) is 5.54 Å². The van der Waals surface area contributed by atoms with Gasteiger partial charge >= 0.3 is 0 Å². The summed E-state index contributed by atoms with van der Waals surface area (Å²) in [4.78, 5) is 10.1. The largest absolute Gasteiger partial charge is 0.353 e. The molecule has 0 spiro atoms. The van der Waals surface area contributed by atoms with Gasteiger partial charge in [-0.1, -0.05) is 20.8 Å². The number of carbonyl (C=O) groups is 1. The molecule has 1 fully saturated rings. The topological polar surface area (TPSA) is 29.1 Å². The number of hydrogen-bond acceptors (Lipinski definition) is 1. The zero-order chi connectivity index (χ0) is 8.74. The summed E-state index contributed by atoms with van der Waals surface area (Å²) in [6.45, 7) is 6.12. The maximum Gasteiger partial charge on any atom is 0.207 e. The van der Waals surface area contributed by atoms with Crippen LogP contribution in [0.15, 0.2) is 0 Å². The van der Waals surface area contributed by atoms with Crippen LogP contribution >= 0.6 is 0 Å². The lowest BCUT2D eigenvalue weighted by molar-refractivity contribution is -0.112. The quantitative estimate of drug-likeness (QED) is 0.624. The van der Waals surface area contributed by atoms with Crippen LogP contribution in [0.5, 0.6) is 0 Å². The van der Waals surface area contributed by atoms with Crippen LogP contribution in [0.4, 0.5) is 0 Å². The van der Waals surface area contributed by atoms with E-state index in [1.54, 1.807) is 0 Å². The molecule has 11 heavy (non-hydrogen) atoms. The van der Waals surface area contributed by atoms with Gasteiger partial charge < -0.3 is 5.32 Å². The number of carbonyl (C=O) groups excluding carboxylic acids is 1. The summed E-state index contributed by atoms with van der Waals surface area (Å²) in [5.41, 5.74) is 0.196. The van der Waals surface area contributed by atoms with Crippen LogP contribution < -0.4 is 5.32 Å². The predicted octanol–water partition coefficient (Wildman–Crippen LogP) is 2.09. The fourth-order valence-electron chi connectivity index (χ4n) is 1.33. The molecule has 2 heteroatoms. The average molecular weight is 157 g/mol. The van der Waals surface area contributed by atoms with E-state index in [2.05, 4.69) is 12.2 Å². The highest BCUT2D eigenvalue weighted by atomic mass is 16.1. The third kappa shape index (κ3) is 2.52. The zero-order valence-electron chi connectivity index (χ0n) is 7.81. The minimum absolute atomic E-state index is 0.196. The van der Waals surface area contributed by atoms with Gasteiger partial charge in [-0.2, -0.15) is 0 Å². The van der Waals surface area contributed by atoms with E-state index >= 15 is 0 Å². The van der Waals surface area contributed by atoms with E-state index in [-0.39, 0.29) is 5.54 Å². The summed E-state index contributed by atoms with van der Waals surface area (Å²) in [7, 11) is 0. The summed E-state index contributed by atoms with van der Waals surface area (Å²) >= 11 is 0. The molecule has 0 aromatic rings. The van der Waals surface area contributed by atoms with Crippen molar-refractivity contribution in [2.45, 2.75) is 52.0 Å². The number of rotatable bonds is 3. The van der Waals surface area contributed by atoms with E-state index in [1.807, 2.05) is 13.8 Å². The Kier molecular flexibility index (Phi) is 4.92. The molecule has 0 unspecified atom stereocenters. The van der Waals surface area contributed by atoms with Gasteiger partial charge in [0.1, 0.15) is 0 Å². The van der Waals surface area contributed by atoms with Crippen LogP contribution in [0.2, 0.25) is 0 Å². The molecule has 0 radical (unpaired) electrons. The molecule has 1 amide bonds. The Bertz CT molecular complexity index is 103. The van der Waals surface area contributed by atoms with Crippen molar-refractivity contribution in [2.24, 2.45) is 0 Å². The first-order chi connectivity index (χ1) is 5.33. The highest BCUT2D eigenvalue weighted by Crippen LogP contribution is 2.33. The van der Waals surface area contributed by atoms with Crippen LogP contribution in [0.3, 0.4) is 0 Å². The number of hydrogen-bond donors (Lipinski definition) is 1. The van der Waals surface area contributed by atoms with Crippen molar-refractivity contribution in [1.82, 2.24) is 5.32 Å². The fourth-order valence-corrected chi connectivity index (χ4v) is 1.33. The molecular formula is C9H19NO. The lowest BCUT2D eigenvalue weighted by Crippen LogP contribution is -2.49. The van der Waals surface area contributed by atoms with Gasteiger partial charge in [0.25, 0.3) is 0 Å². The average Bonchev–Trinajstić information content (AvgIpc) is 2.01. The molecule has 1 saturated carbocycles. The normalized spacial score (nSPS) is 18.8. The summed E-state index contributed by atoms with van der Waals surface area (Å²) in [6, 6.07) is 0. The first-order valence-electron chi connectivity index (χ1n) is 4.54. The van der Waals surface area contributed by atoms with Crippen molar-refractivity contribution in [3.05, 3.63) is 0 Å². The second-order valence-electron chi connectivity index (χ2n) is 2.75. The van der Waals surface area contributed by atoms with Gasteiger partial charge in [-0.15, -0.1) is 0 Å². The molecule has 1 aliphatic rings. The third-order valence-electron chi connectivity index (χ3n) is 2.35. The molecule has 0 bridgehead atoms. The van der Waals surface area contributed by atoms with Crippen molar-refractivity contribution in [3.63, 3.8) is 0 Å². The van der Waals surface area contributed by atoms with E-state index in [0.717, 1.165) is 12.8 Å². The lowest BCUT2D eigenvalue weighted by atomic mass is 9.75. The van der Waals surface area contributed by atoms with E-state index in [4.69, 9.17) is 0 Å². The van der Waals surface area contributed by atoms with Crippen molar-refractivity contribution in [3.8, 4) is 0 Å². The van der Waals surface area contributed by atoms with Gasteiger partial charge in [0.2, 0.25) is 6.41 Å². The molecule has 1 aliphatic carbocycles. The van der Waals surface area contributed by atoms with Crippen LogP contribution in [0.1, 0.15) is 46.5 Å². The summed E-state index contributed by atoms with van der Waals surface area (Å²) in [5, 5.41) is 2.86. The van der Waals surface area contributed by atoms with Crippen molar-refractivity contribution >= 4 is 6.41 Å². The molecule has 0 aromatic heterocycles. The highest BCUT2D eigenvalue weighted by Gasteiger charge is 2.33. The third-order valence-corrected chi connectivity index (χ3v) is 2.35. The van der Waals surface area contributed by atoms with Crippen LogP contribution in [-0.4, -0.2) is 11.9 Å². The van der Waals surface area contributed by atoms with Crippen molar-refractivity contribution in [2.75, 3.05) is 0 Å². The number of amides is 1. The first kappa shape index (κ1) is 10.5. The van der Waals surface area contributed by atoms with Gasteiger partial charge in [-0.25, -0.2) is 0 Å².